The molecule has 0 spiro atoms. The number of nitrogens with one attached hydrogen (secondary N) is 3. The van der Waals surface area contributed by atoms with Gasteiger partial charge >= 0.3 is 5.97 Å². The molecule has 0 bridgehead atoms. The third-order valence-corrected chi connectivity index (χ3v) is 5.52. The summed E-state index contributed by atoms with van der Waals surface area (Å²) in [5.74, 6) is -2.76. The van der Waals surface area contributed by atoms with Gasteiger partial charge in [0.2, 0.25) is 15.6 Å². The van der Waals surface area contributed by atoms with Gasteiger partial charge in [0, 0.05) is 6.54 Å². The van der Waals surface area contributed by atoms with Gasteiger partial charge < -0.3 is 15.4 Å². The Bertz CT molecular complexity index is 842. The summed E-state index contributed by atoms with van der Waals surface area (Å²) in [5.41, 5.74) is 1.27. The average Bonchev–Trinajstić information content (AvgIpc) is 2.78. The number of esters is 1. The number of carbonyl (C=O) groups is 4. The van der Waals surface area contributed by atoms with E-state index in [0.29, 0.717) is 19.4 Å². The first-order valence-corrected chi connectivity index (χ1v) is 11.8. The SMILES string of the molecule is C=CC(C)(C#N)C(=O)NC(C(=O)NC(C)C(=O)N1CCCC(C(=O)OCC(Cl)(Cl)Cl)N1)C(C)C. The highest BCUT2D eigenvalue weighted by molar-refractivity contribution is 6.67. The highest BCUT2D eigenvalue weighted by atomic mass is 35.6. The number of halogens is 3. The van der Waals surface area contributed by atoms with Crippen molar-refractivity contribution < 1.29 is 23.9 Å². The molecule has 4 unspecified atom stereocenters. The Labute approximate surface area is 214 Å². The maximum Gasteiger partial charge on any atom is 0.325 e. The minimum Gasteiger partial charge on any atom is -0.460 e. The van der Waals surface area contributed by atoms with Crippen LogP contribution in [-0.4, -0.2) is 63.8 Å². The molecular weight excluding hydrogens is 509 g/mol. The third kappa shape index (κ3) is 8.62. The van der Waals surface area contributed by atoms with Crippen molar-refractivity contribution in [3.05, 3.63) is 12.7 Å². The van der Waals surface area contributed by atoms with E-state index in [1.165, 1.54) is 24.9 Å². The van der Waals surface area contributed by atoms with E-state index in [1.807, 2.05) is 6.07 Å². The van der Waals surface area contributed by atoms with Crippen LogP contribution in [0.25, 0.3) is 0 Å². The number of ether oxygens (including phenoxy) is 1. The van der Waals surface area contributed by atoms with Crippen molar-refractivity contribution >= 4 is 58.5 Å². The van der Waals surface area contributed by atoms with E-state index in [0.717, 1.165) is 0 Å². The van der Waals surface area contributed by atoms with E-state index in [2.05, 4.69) is 22.6 Å². The average molecular weight is 539 g/mol. The van der Waals surface area contributed by atoms with Gasteiger partial charge in [0.15, 0.2) is 5.41 Å². The predicted octanol–water partition coefficient (Wildman–Crippen LogP) is 1.76. The second-order valence-corrected chi connectivity index (χ2v) is 11.0. The lowest BCUT2D eigenvalue weighted by molar-refractivity contribution is -0.152. The zero-order chi connectivity index (χ0) is 26.3. The van der Waals surface area contributed by atoms with Crippen LogP contribution in [0.2, 0.25) is 0 Å². The summed E-state index contributed by atoms with van der Waals surface area (Å²) >= 11 is 16.8. The summed E-state index contributed by atoms with van der Waals surface area (Å²) in [4.78, 5) is 50.4. The van der Waals surface area contributed by atoms with E-state index >= 15 is 0 Å². The molecule has 10 nitrogen and oxygen atoms in total. The summed E-state index contributed by atoms with van der Waals surface area (Å²) in [6.07, 6.45) is 2.11. The molecule has 0 aliphatic carbocycles. The lowest BCUT2D eigenvalue weighted by atomic mass is 9.90. The largest absolute Gasteiger partial charge is 0.460 e. The Morgan fingerprint density at radius 3 is 2.38 bits per heavy atom. The van der Waals surface area contributed by atoms with Gasteiger partial charge in [0.05, 0.1) is 6.07 Å². The van der Waals surface area contributed by atoms with Crippen molar-refractivity contribution in [3.8, 4) is 6.07 Å². The number of carbonyl (C=O) groups excluding carboxylic acids is 4. The second-order valence-electron chi connectivity index (χ2n) is 8.48. The fourth-order valence-electron chi connectivity index (χ4n) is 2.98. The van der Waals surface area contributed by atoms with E-state index in [9.17, 15) is 24.4 Å². The third-order valence-electron chi connectivity index (χ3n) is 5.19. The first kappa shape index (κ1) is 30.0. The van der Waals surface area contributed by atoms with E-state index < -0.39 is 57.6 Å². The highest BCUT2D eigenvalue weighted by Gasteiger charge is 2.36. The van der Waals surface area contributed by atoms with E-state index in [-0.39, 0.29) is 5.92 Å². The van der Waals surface area contributed by atoms with Gasteiger partial charge in [0.1, 0.15) is 24.7 Å². The van der Waals surface area contributed by atoms with Gasteiger partial charge in [-0.15, -0.1) is 6.58 Å². The molecule has 34 heavy (non-hydrogen) atoms. The number of hydrogen-bond donors (Lipinski definition) is 3. The van der Waals surface area contributed by atoms with Crippen LogP contribution >= 0.6 is 34.8 Å². The standard InChI is InChI=1S/C21H30Cl3N5O5/c1-6-20(5,10-25)19(33)27-15(12(2)3)16(30)26-13(4)17(31)29-9-7-8-14(28-29)18(32)34-11-21(22,23)24/h6,12-15,28H,1,7-9,11H2,2-5H3,(H,26,30)(H,27,33). The van der Waals surface area contributed by atoms with Gasteiger partial charge in [-0.05, 0) is 32.6 Å². The fraction of sp³-hybridized carbons (Fsp3) is 0.667. The van der Waals surface area contributed by atoms with E-state index in [4.69, 9.17) is 39.5 Å². The quantitative estimate of drug-likeness (QED) is 0.231. The van der Waals surface area contributed by atoms with Gasteiger partial charge in [-0.3, -0.25) is 24.2 Å². The molecule has 1 saturated heterocycles. The highest BCUT2D eigenvalue weighted by Crippen LogP contribution is 2.26. The molecule has 1 rings (SSSR count). The first-order valence-electron chi connectivity index (χ1n) is 10.6. The van der Waals surface area contributed by atoms with Crippen LogP contribution in [-0.2, 0) is 23.9 Å². The van der Waals surface area contributed by atoms with Gasteiger partial charge in [-0.25, -0.2) is 5.43 Å². The number of amides is 3. The topological polar surface area (TPSA) is 141 Å². The van der Waals surface area contributed by atoms with Crippen LogP contribution < -0.4 is 16.1 Å². The maximum absolute atomic E-state index is 12.9. The number of nitrogens with zero attached hydrogens (tertiary/aromatic N) is 2. The Morgan fingerprint density at radius 2 is 1.88 bits per heavy atom. The lowest BCUT2D eigenvalue weighted by Gasteiger charge is -2.35. The lowest BCUT2D eigenvalue weighted by Crippen LogP contribution is -2.61. The zero-order valence-corrected chi connectivity index (χ0v) is 21.8. The smallest absolute Gasteiger partial charge is 0.325 e. The minimum atomic E-state index is -1.75. The van der Waals surface area contributed by atoms with Gasteiger partial charge in [-0.2, -0.15) is 5.26 Å². The fourth-order valence-corrected chi connectivity index (χ4v) is 3.15. The normalized spacial score (nSPS) is 19.7. The Hall–Kier alpha value is -2.06. The van der Waals surface area contributed by atoms with Crippen molar-refractivity contribution in [1.82, 2.24) is 21.1 Å². The molecule has 4 atom stereocenters. The molecule has 3 amide bonds. The Balaban J connectivity index is 2.78. The number of rotatable bonds is 9. The molecule has 1 aliphatic heterocycles. The molecule has 0 saturated carbocycles. The van der Waals surface area contributed by atoms with Crippen molar-refractivity contribution in [3.63, 3.8) is 0 Å². The zero-order valence-electron chi connectivity index (χ0n) is 19.5. The number of nitriles is 1. The van der Waals surface area contributed by atoms with Crippen LogP contribution in [0.3, 0.4) is 0 Å². The minimum absolute atomic E-state index is 0.303. The number of hydrogen-bond acceptors (Lipinski definition) is 7. The predicted molar refractivity (Wildman–Crippen MR) is 127 cm³/mol. The molecule has 1 fully saturated rings. The number of hydrazine groups is 1. The Morgan fingerprint density at radius 1 is 1.26 bits per heavy atom. The Kier molecular flexibility index (Phi) is 11.1. The molecule has 13 heteroatoms. The van der Waals surface area contributed by atoms with E-state index in [1.54, 1.807) is 13.8 Å². The molecule has 3 N–H and O–H groups in total. The number of alkyl halides is 3. The van der Waals surface area contributed by atoms with Crippen LogP contribution in [0.4, 0.5) is 0 Å². The summed E-state index contributed by atoms with van der Waals surface area (Å²) < 4.78 is 3.21. The molecule has 1 aliphatic rings. The summed E-state index contributed by atoms with van der Waals surface area (Å²) in [6, 6.07) is -0.936. The van der Waals surface area contributed by atoms with Crippen molar-refractivity contribution in [1.29, 1.82) is 5.26 Å². The second kappa shape index (κ2) is 12.6. The molecular formula is C21H30Cl3N5O5. The molecule has 1 heterocycles. The molecule has 0 aromatic heterocycles. The first-order chi connectivity index (χ1) is 15.6. The van der Waals surface area contributed by atoms with Crippen molar-refractivity contribution in [2.75, 3.05) is 13.2 Å². The monoisotopic (exact) mass is 537 g/mol. The van der Waals surface area contributed by atoms with Crippen molar-refractivity contribution in [2.24, 2.45) is 11.3 Å². The molecule has 190 valence electrons. The van der Waals surface area contributed by atoms with Crippen LogP contribution in [0.1, 0.15) is 40.5 Å². The van der Waals surface area contributed by atoms with Gasteiger partial charge in [-0.1, -0.05) is 54.7 Å². The summed E-state index contributed by atoms with van der Waals surface area (Å²) in [6.45, 7) is 9.66. The maximum atomic E-state index is 12.9. The molecule has 0 aromatic rings. The summed E-state index contributed by atoms with van der Waals surface area (Å²) in [5, 5.41) is 15.6. The van der Waals surface area contributed by atoms with Gasteiger partial charge in [0.25, 0.3) is 5.91 Å². The van der Waals surface area contributed by atoms with Crippen LogP contribution in [0.5, 0.6) is 0 Å². The van der Waals surface area contributed by atoms with Crippen LogP contribution in [0, 0.1) is 22.7 Å². The summed E-state index contributed by atoms with van der Waals surface area (Å²) in [7, 11) is 0. The molecule has 0 radical (unpaired) electrons. The van der Waals surface area contributed by atoms with Crippen molar-refractivity contribution in [2.45, 2.75) is 62.5 Å². The molecule has 0 aromatic carbocycles. The van der Waals surface area contributed by atoms with Crippen LogP contribution in [0.15, 0.2) is 12.7 Å².